The number of carbonyl (C=O) groups is 2. The fourth-order valence-corrected chi connectivity index (χ4v) is 13.1. The lowest BCUT2D eigenvalue weighted by atomic mass is 9.75. The maximum atomic E-state index is 15.3. The molecule has 18 heteroatoms. The zero-order valence-corrected chi connectivity index (χ0v) is 53.5. The summed E-state index contributed by atoms with van der Waals surface area (Å²) in [5.41, 5.74) is 11.7. The van der Waals surface area contributed by atoms with E-state index in [4.69, 9.17) is 56.7 Å². The van der Waals surface area contributed by atoms with Crippen LogP contribution in [0.4, 0.5) is 8.78 Å². The predicted octanol–water partition coefficient (Wildman–Crippen LogP) is 13.8. The largest absolute Gasteiger partial charge is 0.495 e. The fraction of sp³-hybridized carbons (Fsp3) is 0.457. The highest BCUT2D eigenvalue weighted by molar-refractivity contribution is 9.10. The van der Waals surface area contributed by atoms with Crippen LogP contribution in [0.15, 0.2) is 89.4 Å². The summed E-state index contributed by atoms with van der Waals surface area (Å²) in [6, 6.07) is 26.2. The van der Waals surface area contributed by atoms with Gasteiger partial charge in [-0.2, -0.15) is 0 Å². The lowest BCUT2D eigenvalue weighted by Gasteiger charge is -2.32. The molecule has 5 aliphatic heterocycles. The van der Waals surface area contributed by atoms with Gasteiger partial charge in [-0.05, 0) is 180 Å². The minimum absolute atomic E-state index is 0.0383. The molecule has 7 aliphatic rings. The van der Waals surface area contributed by atoms with Crippen LogP contribution in [0.1, 0.15) is 146 Å². The first kappa shape index (κ1) is 62.9. The maximum absolute atomic E-state index is 15.3. The van der Waals surface area contributed by atoms with Crippen LogP contribution in [0.25, 0.3) is 11.1 Å². The summed E-state index contributed by atoms with van der Waals surface area (Å²) in [6.07, 6.45) is 4.70. The van der Waals surface area contributed by atoms with E-state index in [0.717, 1.165) is 98.4 Å². The van der Waals surface area contributed by atoms with Gasteiger partial charge in [-0.3, -0.25) is 9.59 Å². The van der Waals surface area contributed by atoms with Crippen molar-refractivity contribution in [1.82, 2.24) is 0 Å². The summed E-state index contributed by atoms with van der Waals surface area (Å²) < 4.78 is 100. The van der Waals surface area contributed by atoms with E-state index in [1.54, 1.807) is 12.1 Å². The second-order valence-corrected chi connectivity index (χ2v) is 25.7. The topological polar surface area (TPSA) is 145 Å². The number of hydrogen-bond donors (Lipinski definition) is 0. The first-order valence-corrected chi connectivity index (χ1v) is 31.3. The van der Waals surface area contributed by atoms with Crippen molar-refractivity contribution in [1.29, 1.82) is 0 Å². The molecule has 0 amide bonds. The number of methoxy groups -OCH3 is 2. The molecule has 6 aromatic carbocycles. The van der Waals surface area contributed by atoms with Crippen molar-refractivity contribution >= 4 is 40.4 Å². The minimum atomic E-state index is -0.543. The number of esters is 2. The molecule has 0 spiro atoms. The molecular formula is C70H78BBrF2O14. The highest BCUT2D eigenvalue weighted by Gasteiger charge is 2.53. The Hall–Kier alpha value is -6.70. The highest BCUT2D eigenvalue weighted by atomic mass is 79.9. The van der Waals surface area contributed by atoms with E-state index >= 15 is 8.78 Å². The molecule has 6 atom stereocenters. The van der Waals surface area contributed by atoms with E-state index < -0.39 is 30.5 Å². The molecule has 13 rings (SSSR count). The van der Waals surface area contributed by atoms with Crippen molar-refractivity contribution < 1.29 is 75.0 Å². The smallest absolute Gasteiger partial charge is 0.492 e. The first-order valence-electron chi connectivity index (χ1n) is 30.5. The average molecular weight is 1270 g/mol. The molecule has 0 aromatic heterocycles. The molecule has 3 saturated heterocycles. The molecule has 0 saturated carbocycles. The number of aryl methyl sites for hydroxylation is 4. The van der Waals surface area contributed by atoms with Gasteiger partial charge in [0.25, 0.3) is 0 Å². The number of halogens is 3. The number of ether oxygens (including phenoxy) is 10. The van der Waals surface area contributed by atoms with Crippen LogP contribution >= 0.6 is 15.9 Å². The molecule has 5 heterocycles. The first-order chi connectivity index (χ1) is 42.2. The third kappa shape index (κ3) is 13.4. The summed E-state index contributed by atoms with van der Waals surface area (Å²) >= 11 is 3.55. The Morgan fingerprint density at radius 1 is 0.557 bits per heavy atom. The molecule has 6 aromatic rings. The van der Waals surface area contributed by atoms with Gasteiger partial charge in [-0.15, -0.1) is 0 Å². The van der Waals surface area contributed by atoms with Crippen molar-refractivity contribution in [2.45, 2.75) is 154 Å². The van der Waals surface area contributed by atoms with Gasteiger partial charge >= 0.3 is 19.1 Å². The molecular weight excluding hydrogens is 1190 g/mol. The van der Waals surface area contributed by atoms with Crippen LogP contribution in [-0.2, 0) is 50.7 Å². The standard InChI is InChI=1S/C32H33FO6.C26H30BFO6.C12H15BrO2/c1-18-12-23(38-22-10-11-36-17-22)13-19(2)31(18)25-6-8-27(33)32-26(25)7-9-28(32)39-21-4-5-24-20(14-30(34)35-3)16-37-29(24)15-21;1-25(2)26(3,4)34-27(33-25)19-9-10-20(28)24-18(19)8-11-21(24)32-16-6-7-17-15(12-23(29)30-5)14-31-22(17)13-16;1-8-5-11(6-9(2)12(8)13)15-10-3-4-14-7-10/h4-6,8,12-13,15,20,22,28H,7,9-11,14,16-17H2,1-3H3;6-7,9-10,13,15,21H,8,11-12,14H2,1-5H3;5-6,10H,3-4,7H2,1-2H3/t20-,22+,28-;15-,21-;10-/m110/s1. The molecule has 88 heavy (non-hydrogen) atoms. The Morgan fingerprint density at radius 2 is 1.01 bits per heavy atom. The Kier molecular flexibility index (Phi) is 18.9. The predicted molar refractivity (Wildman–Crippen MR) is 333 cm³/mol. The lowest BCUT2D eigenvalue weighted by Crippen LogP contribution is -2.41. The molecule has 14 nitrogen and oxygen atoms in total. The average Bonchev–Trinajstić information content (AvgIpc) is 2.01. The van der Waals surface area contributed by atoms with Crippen LogP contribution < -0.4 is 33.9 Å². The van der Waals surface area contributed by atoms with Crippen LogP contribution in [-0.4, -0.2) is 96.3 Å². The maximum Gasteiger partial charge on any atom is 0.495 e. The van der Waals surface area contributed by atoms with Crippen molar-refractivity contribution in [2.75, 3.05) is 53.9 Å². The van der Waals surface area contributed by atoms with Gasteiger partial charge in [0.05, 0.1) is 77.9 Å². The van der Waals surface area contributed by atoms with Gasteiger partial charge < -0.3 is 56.7 Å². The Labute approximate surface area is 523 Å². The third-order valence-electron chi connectivity index (χ3n) is 18.2. The molecule has 3 fully saturated rings. The SMILES string of the molecule is COC(=O)C[C@@H]1COc2cc(O[C@@H]3CCc4c(-c5c(C)cc(O[C@H]6CCOC6)cc5C)ccc(F)c43)ccc21.COC(=O)C[C@@H]1COc2cc(O[C@@H]3CCc4c(B5OC(C)(C)C(C)(C)O5)ccc(F)c43)ccc21.Cc1cc(O[C@H]2CCOC2)cc(C)c1Br. The van der Waals surface area contributed by atoms with Crippen molar-refractivity contribution in [2.24, 2.45) is 0 Å². The van der Waals surface area contributed by atoms with Crippen LogP contribution in [0.2, 0.25) is 0 Å². The third-order valence-corrected chi connectivity index (χ3v) is 19.5. The number of hydrogen-bond acceptors (Lipinski definition) is 14. The Morgan fingerprint density at radius 3 is 1.48 bits per heavy atom. The van der Waals surface area contributed by atoms with Gasteiger partial charge in [0.1, 0.15) is 70.5 Å². The fourth-order valence-electron chi connectivity index (χ4n) is 12.9. The summed E-state index contributed by atoms with van der Waals surface area (Å²) in [4.78, 5) is 23.4. The molecule has 0 bridgehead atoms. The van der Waals surface area contributed by atoms with E-state index in [-0.39, 0.29) is 60.5 Å². The van der Waals surface area contributed by atoms with E-state index in [9.17, 15) is 9.59 Å². The van der Waals surface area contributed by atoms with Crippen molar-refractivity contribution in [3.8, 4) is 45.6 Å². The molecule has 2 aliphatic carbocycles. The number of fused-ring (bicyclic) bond motifs is 4. The second-order valence-electron chi connectivity index (χ2n) is 24.9. The van der Waals surface area contributed by atoms with Crippen LogP contribution in [0, 0.1) is 39.3 Å². The quantitative estimate of drug-likeness (QED) is 0.0753. The normalized spacial score (nSPS) is 22.2. The summed E-state index contributed by atoms with van der Waals surface area (Å²) in [5.74, 6) is 3.28. The van der Waals surface area contributed by atoms with Crippen LogP contribution in [0.5, 0.6) is 34.5 Å². The lowest BCUT2D eigenvalue weighted by molar-refractivity contribution is -0.142. The summed E-state index contributed by atoms with van der Waals surface area (Å²) in [7, 11) is 2.23. The molecule has 0 radical (unpaired) electrons. The molecule has 466 valence electrons. The second kappa shape index (κ2) is 26.4. The van der Waals surface area contributed by atoms with Gasteiger partial charge in [-0.25, -0.2) is 8.78 Å². The van der Waals surface area contributed by atoms with E-state index in [0.29, 0.717) is 79.8 Å². The molecule has 0 unspecified atom stereocenters. The number of rotatable bonds is 14. The van der Waals surface area contributed by atoms with Gasteiger partial charge in [-0.1, -0.05) is 40.2 Å². The number of benzene rings is 6. The summed E-state index contributed by atoms with van der Waals surface area (Å²) in [5, 5.41) is 0. The van der Waals surface area contributed by atoms with Crippen LogP contribution in [0.3, 0.4) is 0 Å². The summed E-state index contributed by atoms with van der Waals surface area (Å²) in [6.45, 7) is 20.1. The Bertz CT molecular complexity index is 3520. The Balaban J connectivity index is 0.000000149. The zero-order valence-electron chi connectivity index (χ0n) is 51.9. The van der Waals surface area contributed by atoms with E-state index in [2.05, 4.69) is 67.9 Å². The van der Waals surface area contributed by atoms with E-state index in [1.165, 1.54) is 31.4 Å². The monoisotopic (exact) mass is 1270 g/mol. The number of carbonyl (C=O) groups excluding carboxylic acids is 2. The van der Waals surface area contributed by atoms with Gasteiger partial charge in [0.15, 0.2) is 0 Å². The van der Waals surface area contributed by atoms with Gasteiger partial charge in [0, 0.05) is 63.5 Å². The molecule has 0 N–H and O–H groups in total. The minimum Gasteiger partial charge on any atom is -0.492 e. The zero-order chi connectivity index (χ0) is 62.2. The van der Waals surface area contributed by atoms with Crippen molar-refractivity contribution in [3.05, 3.63) is 157 Å². The van der Waals surface area contributed by atoms with E-state index in [1.807, 2.05) is 70.2 Å². The van der Waals surface area contributed by atoms with Gasteiger partial charge in [0.2, 0.25) is 0 Å². The van der Waals surface area contributed by atoms with Crippen molar-refractivity contribution in [3.63, 3.8) is 0 Å². The highest BCUT2D eigenvalue weighted by Crippen LogP contribution is 2.47.